The van der Waals surface area contributed by atoms with Gasteiger partial charge in [0.1, 0.15) is 0 Å². The van der Waals surface area contributed by atoms with Gasteiger partial charge in [-0.3, -0.25) is 0 Å². The van der Waals surface area contributed by atoms with Crippen molar-refractivity contribution < 1.29 is 0 Å². The van der Waals surface area contributed by atoms with E-state index in [2.05, 4.69) is 68.4 Å². The molecule has 2 aromatic carbocycles. The molecule has 0 aromatic heterocycles. The van der Waals surface area contributed by atoms with E-state index in [1.165, 1.54) is 48.8 Å². The first-order valence-corrected chi connectivity index (χ1v) is 7.95. The minimum absolute atomic E-state index is 0.477. The Balaban J connectivity index is 1.94. The van der Waals surface area contributed by atoms with E-state index in [0.717, 1.165) is 0 Å². The summed E-state index contributed by atoms with van der Waals surface area (Å²) in [6.07, 6.45) is 6.58. The van der Waals surface area contributed by atoms with Gasteiger partial charge < -0.3 is 0 Å². The highest BCUT2D eigenvalue weighted by Gasteiger charge is 2.07. The average molecular weight is 266 g/mol. The van der Waals surface area contributed by atoms with Gasteiger partial charge in [0, 0.05) is 5.92 Å². The number of rotatable bonds is 7. The number of unbranched alkanes of at least 4 members (excludes halogenated alkanes) is 3. The molecule has 20 heavy (non-hydrogen) atoms. The molecule has 0 saturated carbocycles. The summed E-state index contributed by atoms with van der Waals surface area (Å²) in [5, 5.41) is 0. The number of hydrogen-bond acceptors (Lipinski definition) is 0. The summed E-state index contributed by atoms with van der Waals surface area (Å²) >= 11 is 0. The third-order valence-corrected chi connectivity index (χ3v) is 4.10. The van der Waals surface area contributed by atoms with Gasteiger partial charge in [0.05, 0.1) is 0 Å². The van der Waals surface area contributed by atoms with Crippen LogP contribution in [-0.4, -0.2) is 0 Å². The van der Waals surface area contributed by atoms with Crippen molar-refractivity contribution >= 4 is 0 Å². The van der Waals surface area contributed by atoms with Crippen molar-refractivity contribution in [2.45, 2.75) is 51.9 Å². The SMILES string of the molecule is CCCCCCc1ccc(C(C)c2ccccc2)cc1. The van der Waals surface area contributed by atoms with Gasteiger partial charge in [-0.15, -0.1) is 0 Å². The first-order valence-electron chi connectivity index (χ1n) is 7.95. The van der Waals surface area contributed by atoms with Crippen molar-refractivity contribution in [2.75, 3.05) is 0 Å². The van der Waals surface area contributed by atoms with Gasteiger partial charge in [-0.2, -0.15) is 0 Å². The Bertz CT molecular complexity index is 481. The lowest BCUT2D eigenvalue weighted by Gasteiger charge is -2.13. The Hall–Kier alpha value is -1.56. The van der Waals surface area contributed by atoms with E-state index in [-0.39, 0.29) is 0 Å². The Kier molecular flexibility index (Phi) is 5.86. The summed E-state index contributed by atoms with van der Waals surface area (Å²) in [6.45, 7) is 4.55. The minimum Gasteiger partial charge on any atom is -0.0654 e. The molecule has 0 heterocycles. The van der Waals surface area contributed by atoms with Crippen molar-refractivity contribution in [2.24, 2.45) is 0 Å². The number of aryl methyl sites for hydroxylation is 1. The highest BCUT2D eigenvalue weighted by molar-refractivity contribution is 5.33. The third-order valence-electron chi connectivity index (χ3n) is 4.10. The highest BCUT2D eigenvalue weighted by Crippen LogP contribution is 2.24. The smallest absolute Gasteiger partial charge is 0.00610 e. The predicted molar refractivity (Wildman–Crippen MR) is 88.2 cm³/mol. The topological polar surface area (TPSA) is 0 Å². The van der Waals surface area contributed by atoms with E-state index in [9.17, 15) is 0 Å². The van der Waals surface area contributed by atoms with Crippen LogP contribution in [0.5, 0.6) is 0 Å². The first-order chi connectivity index (χ1) is 9.81. The fourth-order valence-electron chi connectivity index (χ4n) is 2.66. The second-order valence-corrected chi connectivity index (χ2v) is 5.68. The van der Waals surface area contributed by atoms with E-state index >= 15 is 0 Å². The zero-order chi connectivity index (χ0) is 14.2. The third kappa shape index (κ3) is 4.23. The maximum Gasteiger partial charge on any atom is 0.00610 e. The molecule has 0 spiro atoms. The van der Waals surface area contributed by atoms with Crippen LogP contribution in [0.15, 0.2) is 54.6 Å². The predicted octanol–water partition coefficient (Wildman–Crippen LogP) is 5.96. The molecule has 0 aliphatic carbocycles. The first kappa shape index (κ1) is 14.8. The lowest BCUT2D eigenvalue weighted by molar-refractivity contribution is 0.666. The molecule has 106 valence electrons. The molecule has 0 fully saturated rings. The van der Waals surface area contributed by atoms with E-state index in [0.29, 0.717) is 5.92 Å². The van der Waals surface area contributed by atoms with Gasteiger partial charge in [0.2, 0.25) is 0 Å². The molecule has 0 nitrogen and oxygen atoms in total. The molecule has 0 amide bonds. The van der Waals surface area contributed by atoms with E-state index < -0.39 is 0 Å². The van der Waals surface area contributed by atoms with Crippen LogP contribution in [0.2, 0.25) is 0 Å². The van der Waals surface area contributed by atoms with Crippen molar-refractivity contribution in [1.29, 1.82) is 0 Å². The van der Waals surface area contributed by atoms with Gasteiger partial charge in [-0.1, -0.05) is 87.7 Å². The summed E-state index contributed by atoms with van der Waals surface area (Å²) in [7, 11) is 0. The minimum atomic E-state index is 0.477. The van der Waals surface area contributed by atoms with Gasteiger partial charge in [0.25, 0.3) is 0 Å². The van der Waals surface area contributed by atoms with Crippen LogP contribution >= 0.6 is 0 Å². The van der Waals surface area contributed by atoms with Crippen molar-refractivity contribution in [1.82, 2.24) is 0 Å². The lowest BCUT2D eigenvalue weighted by atomic mass is 9.92. The molecule has 0 radical (unpaired) electrons. The lowest BCUT2D eigenvalue weighted by Crippen LogP contribution is -1.96. The molecule has 0 aliphatic heterocycles. The summed E-state index contributed by atoms with van der Waals surface area (Å²) in [4.78, 5) is 0. The maximum absolute atomic E-state index is 2.31. The Morgan fingerprint density at radius 1 is 0.750 bits per heavy atom. The fourth-order valence-corrected chi connectivity index (χ4v) is 2.66. The Morgan fingerprint density at radius 2 is 1.40 bits per heavy atom. The summed E-state index contributed by atoms with van der Waals surface area (Å²) in [5.74, 6) is 0.477. The van der Waals surface area contributed by atoms with Crippen molar-refractivity contribution in [3.05, 3.63) is 71.3 Å². The summed E-state index contributed by atoms with van der Waals surface area (Å²) in [6, 6.07) is 19.9. The molecule has 0 N–H and O–H groups in total. The quantitative estimate of drug-likeness (QED) is 0.542. The molecule has 0 saturated heterocycles. The molecule has 2 aromatic rings. The average Bonchev–Trinajstić information content (AvgIpc) is 2.52. The molecule has 1 unspecified atom stereocenters. The molecular weight excluding hydrogens is 240 g/mol. The Morgan fingerprint density at radius 3 is 2.05 bits per heavy atom. The fraction of sp³-hybridized carbons (Fsp3) is 0.400. The van der Waals surface area contributed by atoms with E-state index in [1.807, 2.05) is 0 Å². The summed E-state index contributed by atoms with van der Waals surface area (Å²) in [5.41, 5.74) is 4.28. The van der Waals surface area contributed by atoms with E-state index in [4.69, 9.17) is 0 Å². The molecular formula is C20H26. The van der Waals surface area contributed by atoms with Crippen LogP contribution in [-0.2, 0) is 6.42 Å². The van der Waals surface area contributed by atoms with Gasteiger partial charge in [-0.05, 0) is 29.5 Å². The number of benzene rings is 2. The van der Waals surface area contributed by atoms with Gasteiger partial charge in [-0.25, -0.2) is 0 Å². The van der Waals surface area contributed by atoms with Crippen molar-refractivity contribution in [3.63, 3.8) is 0 Å². The molecule has 0 heteroatoms. The second-order valence-electron chi connectivity index (χ2n) is 5.68. The molecule has 0 aliphatic rings. The Labute approximate surface area is 123 Å². The molecule has 1 atom stereocenters. The van der Waals surface area contributed by atoms with E-state index in [1.54, 1.807) is 0 Å². The second kappa shape index (κ2) is 7.89. The van der Waals surface area contributed by atoms with Crippen LogP contribution in [0.4, 0.5) is 0 Å². The van der Waals surface area contributed by atoms with Crippen LogP contribution in [0.1, 0.15) is 62.1 Å². The zero-order valence-electron chi connectivity index (χ0n) is 12.8. The van der Waals surface area contributed by atoms with Crippen LogP contribution in [0, 0.1) is 0 Å². The van der Waals surface area contributed by atoms with Crippen LogP contribution < -0.4 is 0 Å². The largest absolute Gasteiger partial charge is 0.0654 e. The van der Waals surface area contributed by atoms with Crippen molar-refractivity contribution in [3.8, 4) is 0 Å². The number of hydrogen-bond donors (Lipinski definition) is 0. The van der Waals surface area contributed by atoms with Crippen LogP contribution in [0.3, 0.4) is 0 Å². The molecule has 0 bridgehead atoms. The zero-order valence-corrected chi connectivity index (χ0v) is 12.8. The standard InChI is InChI=1S/C20H26/c1-3-4-5-7-10-18-13-15-20(16-14-18)17(2)19-11-8-6-9-12-19/h6,8-9,11-17H,3-5,7,10H2,1-2H3. The maximum atomic E-state index is 2.31. The van der Waals surface area contributed by atoms with Crippen LogP contribution in [0.25, 0.3) is 0 Å². The molecule has 2 rings (SSSR count). The summed E-state index contributed by atoms with van der Waals surface area (Å²) < 4.78 is 0. The normalized spacial score (nSPS) is 12.3. The van der Waals surface area contributed by atoms with Gasteiger partial charge in [0.15, 0.2) is 0 Å². The highest BCUT2D eigenvalue weighted by atomic mass is 14.1. The monoisotopic (exact) mass is 266 g/mol. The van der Waals surface area contributed by atoms with Gasteiger partial charge >= 0.3 is 0 Å².